The normalized spacial score (nSPS) is 11.9. The Balaban J connectivity index is 1.93. The van der Waals surface area contributed by atoms with Crippen LogP contribution in [0.1, 0.15) is 6.92 Å². The van der Waals surface area contributed by atoms with Gasteiger partial charge in [0.15, 0.2) is 0 Å². The summed E-state index contributed by atoms with van der Waals surface area (Å²) in [5.74, 6) is 0.843. The van der Waals surface area contributed by atoms with Crippen molar-refractivity contribution in [1.29, 1.82) is 0 Å². The van der Waals surface area contributed by atoms with Gasteiger partial charge in [0.05, 0.1) is 6.61 Å². The van der Waals surface area contributed by atoms with Gasteiger partial charge in [0.25, 0.3) is 0 Å². The summed E-state index contributed by atoms with van der Waals surface area (Å²) in [4.78, 5) is 11.1. The van der Waals surface area contributed by atoms with Crippen LogP contribution in [0, 0.1) is 0 Å². The smallest absolute Gasteiger partial charge is 0.330 e. The Kier molecular flexibility index (Phi) is 5.94. The molecule has 5 heteroatoms. The summed E-state index contributed by atoms with van der Waals surface area (Å²) in [5, 5.41) is 14.0. The highest BCUT2D eigenvalue weighted by Gasteiger charge is 2.13. The zero-order valence-electron chi connectivity index (χ0n) is 15.2. The summed E-state index contributed by atoms with van der Waals surface area (Å²) in [6.45, 7) is 5.67. The molecule has 3 rings (SSSR count). The Morgan fingerprint density at radius 3 is 2.63 bits per heavy atom. The monoisotopic (exact) mass is 366 g/mol. The largest absolute Gasteiger partial charge is 0.494 e. The Hall–Kier alpha value is -3.05. The van der Waals surface area contributed by atoms with E-state index in [0.29, 0.717) is 12.4 Å². The standard InChI is InChI=1S/C22H22O5/c1-3-21(24)26-13-17(23)14-27-22-19-8-6-5-7-15(19)11-16-9-10-18(25-4-2)12-20(16)22/h3,5-12,17,23H,1,4,13-14H2,2H3. The number of hydrogen-bond donors (Lipinski definition) is 1. The van der Waals surface area contributed by atoms with Crippen LogP contribution in [0.5, 0.6) is 11.5 Å². The molecule has 1 unspecified atom stereocenters. The zero-order chi connectivity index (χ0) is 19.2. The summed E-state index contributed by atoms with van der Waals surface area (Å²) in [7, 11) is 0. The third-order valence-electron chi connectivity index (χ3n) is 4.10. The number of aliphatic hydroxyl groups is 1. The average Bonchev–Trinajstić information content (AvgIpc) is 2.69. The summed E-state index contributed by atoms with van der Waals surface area (Å²) >= 11 is 0. The number of carbonyl (C=O) groups is 1. The molecule has 0 amide bonds. The van der Waals surface area contributed by atoms with Crippen LogP contribution in [0.3, 0.4) is 0 Å². The molecule has 140 valence electrons. The summed E-state index contributed by atoms with van der Waals surface area (Å²) < 4.78 is 16.4. The van der Waals surface area contributed by atoms with E-state index in [9.17, 15) is 9.90 Å². The van der Waals surface area contributed by atoms with Crippen LogP contribution < -0.4 is 9.47 Å². The maximum Gasteiger partial charge on any atom is 0.330 e. The first-order valence-electron chi connectivity index (χ1n) is 8.80. The lowest BCUT2D eigenvalue weighted by Gasteiger charge is -2.16. The fourth-order valence-corrected chi connectivity index (χ4v) is 2.88. The van der Waals surface area contributed by atoms with Crippen molar-refractivity contribution in [2.45, 2.75) is 13.0 Å². The highest BCUT2D eigenvalue weighted by atomic mass is 16.5. The van der Waals surface area contributed by atoms with Crippen LogP contribution in [-0.2, 0) is 9.53 Å². The number of aliphatic hydroxyl groups excluding tert-OH is 1. The lowest BCUT2D eigenvalue weighted by Crippen LogP contribution is -2.24. The Bertz CT molecular complexity index is 963. The molecule has 3 aromatic rings. The SMILES string of the molecule is C=CC(=O)OCC(O)COc1c2ccccc2cc2ccc(OCC)cc12. The number of ether oxygens (including phenoxy) is 3. The molecule has 0 spiro atoms. The van der Waals surface area contributed by atoms with E-state index in [1.807, 2.05) is 49.4 Å². The molecule has 0 aliphatic heterocycles. The molecule has 0 aromatic heterocycles. The fourth-order valence-electron chi connectivity index (χ4n) is 2.88. The van der Waals surface area contributed by atoms with E-state index < -0.39 is 12.1 Å². The third kappa shape index (κ3) is 4.38. The van der Waals surface area contributed by atoms with Crippen molar-refractivity contribution in [1.82, 2.24) is 0 Å². The van der Waals surface area contributed by atoms with Gasteiger partial charge in [-0.25, -0.2) is 4.79 Å². The van der Waals surface area contributed by atoms with Crippen LogP contribution in [0.2, 0.25) is 0 Å². The van der Waals surface area contributed by atoms with Crippen LogP contribution in [-0.4, -0.2) is 37.0 Å². The third-order valence-corrected chi connectivity index (χ3v) is 4.10. The predicted molar refractivity (Wildman–Crippen MR) is 105 cm³/mol. The van der Waals surface area contributed by atoms with E-state index >= 15 is 0 Å². The Morgan fingerprint density at radius 2 is 1.85 bits per heavy atom. The molecule has 0 saturated heterocycles. The minimum absolute atomic E-state index is 0.00755. The molecule has 1 N–H and O–H groups in total. The summed E-state index contributed by atoms with van der Waals surface area (Å²) in [6.07, 6.45) is 0.110. The van der Waals surface area contributed by atoms with Crippen molar-refractivity contribution < 1.29 is 24.1 Å². The molecule has 0 aliphatic carbocycles. The van der Waals surface area contributed by atoms with Crippen LogP contribution in [0.15, 0.2) is 61.2 Å². The minimum atomic E-state index is -0.946. The molecule has 0 fully saturated rings. The highest BCUT2D eigenvalue weighted by molar-refractivity contribution is 6.05. The van der Waals surface area contributed by atoms with Crippen LogP contribution >= 0.6 is 0 Å². The van der Waals surface area contributed by atoms with E-state index in [2.05, 4.69) is 12.6 Å². The zero-order valence-corrected chi connectivity index (χ0v) is 15.2. The first-order valence-corrected chi connectivity index (χ1v) is 8.80. The molecule has 0 aliphatic rings. The van der Waals surface area contributed by atoms with E-state index in [-0.39, 0.29) is 13.2 Å². The van der Waals surface area contributed by atoms with Gasteiger partial charge in [-0.3, -0.25) is 0 Å². The van der Waals surface area contributed by atoms with E-state index in [0.717, 1.165) is 33.4 Å². The molecule has 0 radical (unpaired) electrons. The number of rotatable bonds is 8. The molecule has 27 heavy (non-hydrogen) atoms. The maximum absolute atomic E-state index is 11.1. The maximum atomic E-state index is 11.1. The van der Waals surface area contributed by atoms with Crippen LogP contribution in [0.4, 0.5) is 0 Å². The van der Waals surface area contributed by atoms with Gasteiger partial charge in [-0.1, -0.05) is 36.9 Å². The number of carbonyl (C=O) groups excluding carboxylic acids is 1. The number of benzene rings is 3. The van der Waals surface area contributed by atoms with Crippen molar-refractivity contribution in [2.75, 3.05) is 19.8 Å². The summed E-state index contributed by atoms with van der Waals surface area (Å²) in [6, 6.07) is 15.8. The van der Waals surface area contributed by atoms with Gasteiger partial charge >= 0.3 is 5.97 Å². The Morgan fingerprint density at radius 1 is 1.07 bits per heavy atom. The summed E-state index contributed by atoms with van der Waals surface area (Å²) in [5.41, 5.74) is 0. The second-order valence-corrected chi connectivity index (χ2v) is 6.04. The van der Waals surface area contributed by atoms with Crippen molar-refractivity contribution in [2.24, 2.45) is 0 Å². The van der Waals surface area contributed by atoms with E-state index in [1.165, 1.54) is 0 Å². The molecule has 1 atom stereocenters. The molecule has 0 saturated carbocycles. The van der Waals surface area contributed by atoms with Crippen molar-refractivity contribution in [3.05, 3.63) is 61.2 Å². The quantitative estimate of drug-likeness (QED) is 0.373. The number of fused-ring (bicyclic) bond motifs is 2. The highest BCUT2D eigenvalue weighted by Crippen LogP contribution is 2.36. The van der Waals surface area contributed by atoms with Gasteiger partial charge < -0.3 is 19.3 Å². The van der Waals surface area contributed by atoms with Gasteiger partial charge in [0.2, 0.25) is 0 Å². The Labute approximate surface area is 157 Å². The first kappa shape index (κ1) is 18.7. The van der Waals surface area contributed by atoms with E-state index in [1.54, 1.807) is 0 Å². The molecular weight excluding hydrogens is 344 g/mol. The van der Waals surface area contributed by atoms with Crippen molar-refractivity contribution in [3.63, 3.8) is 0 Å². The molecule has 3 aromatic carbocycles. The second kappa shape index (κ2) is 8.56. The number of hydrogen-bond acceptors (Lipinski definition) is 5. The fraction of sp³-hybridized carbons (Fsp3) is 0.227. The number of esters is 1. The lowest BCUT2D eigenvalue weighted by atomic mass is 10.0. The van der Waals surface area contributed by atoms with Crippen LogP contribution in [0.25, 0.3) is 21.5 Å². The van der Waals surface area contributed by atoms with E-state index in [4.69, 9.17) is 14.2 Å². The van der Waals surface area contributed by atoms with Gasteiger partial charge in [-0.05, 0) is 35.9 Å². The molecule has 0 heterocycles. The second-order valence-electron chi connectivity index (χ2n) is 6.04. The molecule has 0 bridgehead atoms. The lowest BCUT2D eigenvalue weighted by molar-refractivity contribution is -0.141. The minimum Gasteiger partial charge on any atom is -0.494 e. The molecular formula is C22H22O5. The van der Waals surface area contributed by atoms with Gasteiger partial charge in [0.1, 0.15) is 30.8 Å². The molecule has 5 nitrogen and oxygen atoms in total. The first-order chi connectivity index (χ1) is 13.1. The van der Waals surface area contributed by atoms with Gasteiger partial charge in [-0.2, -0.15) is 0 Å². The van der Waals surface area contributed by atoms with Gasteiger partial charge in [0, 0.05) is 16.8 Å². The average molecular weight is 366 g/mol. The predicted octanol–water partition coefficient (Wildman–Crippen LogP) is 3.86. The van der Waals surface area contributed by atoms with Crippen molar-refractivity contribution in [3.8, 4) is 11.5 Å². The topological polar surface area (TPSA) is 65.0 Å². The van der Waals surface area contributed by atoms with Gasteiger partial charge in [-0.15, -0.1) is 0 Å². The van der Waals surface area contributed by atoms with Crippen molar-refractivity contribution >= 4 is 27.5 Å².